The van der Waals surface area contributed by atoms with Gasteiger partial charge in [-0.15, -0.1) is 11.3 Å². The van der Waals surface area contributed by atoms with Gasteiger partial charge in [0.1, 0.15) is 0 Å². The van der Waals surface area contributed by atoms with Crippen molar-refractivity contribution in [1.82, 2.24) is 9.97 Å². The lowest BCUT2D eigenvalue weighted by atomic mass is 10.1. The first-order valence-electron chi connectivity index (χ1n) is 9.69. The van der Waals surface area contributed by atoms with Gasteiger partial charge in [0, 0.05) is 10.9 Å². The highest BCUT2D eigenvalue weighted by Crippen LogP contribution is 2.35. The number of aryl methyl sites for hydroxylation is 3. The summed E-state index contributed by atoms with van der Waals surface area (Å²) in [4.78, 5) is 34.9. The first kappa shape index (κ1) is 22.1. The van der Waals surface area contributed by atoms with Crippen molar-refractivity contribution in [1.29, 1.82) is 0 Å². The van der Waals surface area contributed by atoms with E-state index in [0.717, 1.165) is 21.7 Å². The Kier molecular flexibility index (Phi) is 6.36. The highest BCUT2D eigenvalue weighted by Gasteiger charge is 2.17. The number of thiazole rings is 2. The minimum absolute atomic E-state index is 0.206. The fraction of sp³-hybridized carbons (Fsp3) is 0.130. The summed E-state index contributed by atoms with van der Waals surface area (Å²) in [6, 6.07) is 12.4. The molecule has 0 aliphatic heterocycles. The molecule has 32 heavy (non-hydrogen) atoms. The molecule has 0 fully saturated rings. The van der Waals surface area contributed by atoms with Gasteiger partial charge in [-0.05, 0) is 56.2 Å². The number of hydrogen-bond donors (Lipinski definition) is 2. The zero-order valence-electron chi connectivity index (χ0n) is 17.5. The maximum absolute atomic E-state index is 12.6. The summed E-state index contributed by atoms with van der Waals surface area (Å²) in [5.41, 5.74) is 4.60. The van der Waals surface area contributed by atoms with E-state index in [2.05, 4.69) is 20.6 Å². The van der Waals surface area contributed by atoms with Crippen LogP contribution in [0.25, 0.3) is 10.6 Å². The van der Waals surface area contributed by atoms with Gasteiger partial charge < -0.3 is 0 Å². The maximum atomic E-state index is 12.6. The van der Waals surface area contributed by atoms with Gasteiger partial charge in [-0.3, -0.25) is 20.2 Å². The molecule has 2 N–H and O–H groups in total. The van der Waals surface area contributed by atoms with Crippen LogP contribution in [0, 0.1) is 20.8 Å². The van der Waals surface area contributed by atoms with E-state index in [-0.39, 0.29) is 11.8 Å². The third-order valence-corrected chi connectivity index (χ3v) is 7.04. The maximum Gasteiger partial charge on any atom is 0.258 e. The zero-order chi connectivity index (χ0) is 22.8. The molecule has 2 aromatic carbocycles. The van der Waals surface area contributed by atoms with E-state index in [1.807, 2.05) is 38.3 Å². The van der Waals surface area contributed by atoms with Gasteiger partial charge in [-0.25, -0.2) is 9.97 Å². The van der Waals surface area contributed by atoms with Gasteiger partial charge in [0.05, 0.1) is 26.9 Å². The molecule has 2 aromatic heterocycles. The molecule has 6 nitrogen and oxygen atoms in total. The molecule has 2 amide bonds. The second-order valence-electron chi connectivity index (χ2n) is 7.16. The van der Waals surface area contributed by atoms with E-state index in [0.29, 0.717) is 32.1 Å². The number of rotatable bonds is 5. The minimum atomic E-state index is -0.324. The number of hydrogen-bond acceptors (Lipinski definition) is 6. The molecule has 0 unspecified atom stereocenters. The number of amides is 2. The Morgan fingerprint density at radius 1 is 0.906 bits per heavy atom. The van der Waals surface area contributed by atoms with Crippen LogP contribution in [0.5, 0.6) is 0 Å². The number of halogens is 1. The number of nitrogens with one attached hydrogen (secondary N) is 2. The largest absolute Gasteiger partial charge is 0.298 e. The zero-order valence-corrected chi connectivity index (χ0v) is 19.9. The number of aromatic nitrogens is 2. The van der Waals surface area contributed by atoms with Crippen molar-refractivity contribution in [2.24, 2.45) is 0 Å². The van der Waals surface area contributed by atoms with E-state index in [4.69, 9.17) is 11.6 Å². The van der Waals surface area contributed by atoms with Crippen LogP contribution in [0.1, 0.15) is 37.5 Å². The molecule has 0 aliphatic rings. The number of anilines is 2. The quantitative estimate of drug-likeness (QED) is 0.347. The van der Waals surface area contributed by atoms with Gasteiger partial charge in [0.2, 0.25) is 0 Å². The molecule has 4 aromatic rings. The van der Waals surface area contributed by atoms with Crippen molar-refractivity contribution in [3.05, 3.63) is 80.8 Å². The standard InChI is InChI=1S/C23H19ClN4O2S2/c1-12-8-9-15(10-13(12)2)20(29)27-22-26-18(11-31-22)19-14(3)25-23(32-19)28-21(30)16-6-4-5-7-17(16)24/h4-11H,1-3H3,(H,25,28,30)(H,26,27,29). The van der Waals surface area contributed by atoms with Crippen LogP contribution in [0.3, 0.4) is 0 Å². The third-order valence-electron chi connectivity index (χ3n) is 4.86. The number of benzene rings is 2. The van der Waals surface area contributed by atoms with Crippen LogP contribution < -0.4 is 10.6 Å². The van der Waals surface area contributed by atoms with Crippen LogP contribution in [0.4, 0.5) is 10.3 Å². The second kappa shape index (κ2) is 9.20. The van der Waals surface area contributed by atoms with Crippen LogP contribution in [0.15, 0.2) is 47.8 Å². The molecule has 0 saturated heterocycles. The van der Waals surface area contributed by atoms with Crippen molar-refractivity contribution in [3.8, 4) is 10.6 Å². The predicted octanol–water partition coefficient (Wildman–Crippen LogP) is 6.35. The average Bonchev–Trinajstić information content (AvgIpc) is 3.36. The topological polar surface area (TPSA) is 84.0 Å². The molecule has 4 rings (SSSR count). The van der Waals surface area contributed by atoms with Crippen molar-refractivity contribution in [3.63, 3.8) is 0 Å². The van der Waals surface area contributed by atoms with E-state index >= 15 is 0 Å². The Bertz CT molecular complexity index is 1330. The molecule has 0 saturated carbocycles. The van der Waals surface area contributed by atoms with E-state index in [1.54, 1.807) is 30.3 Å². The Hall–Kier alpha value is -3.07. The van der Waals surface area contributed by atoms with Crippen LogP contribution in [0.2, 0.25) is 5.02 Å². The van der Waals surface area contributed by atoms with E-state index in [9.17, 15) is 9.59 Å². The van der Waals surface area contributed by atoms with Crippen LogP contribution in [-0.2, 0) is 0 Å². The summed E-state index contributed by atoms with van der Waals surface area (Å²) < 4.78 is 0. The summed E-state index contributed by atoms with van der Waals surface area (Å²) in [7, 11) is 0. The van der Waals surface area contributed by atoms with E-state index in [1.165, 1.54) is 22.7 Å². The summed E-state index contributed by atoms with van der Waals surface area (Å²) >= 11 is 8.76. The fourth-order valence-electron chi connectivity index (χ4n) is 2.98. The van der Waals surface area contributed by atoms with Crippen molar-refractivity contribution < 1.29 is 9.59 Å². The normalized spacial score (nSPS) is 10.8. The number of nitrogens with zero attached hydrogens (tertiary/aromatic N) is 2. The van der Waals surface area contributed by atoms with Gasteiger partial charge in [-0.1, -0.05) is 41.1 Å². The van der Waals surface area contributed by atoms with Crippen molar-refractivity contribution in [2.75, 3.05) is 10.6 Å². The minimum Gasteiger partial charge on any atom is -0.298 e. The molecular formula is C23H19ClN4O2S2. The van der Waals surface area contributed by atoms with E-state index < -0.39 is 0 Å². The Balaban J connectivity index is 1.49. The lowest BCUT2D eigenvalue weighted by molar-refractivity contribution is 0.101. The molecule has 9 heteroatoms. The average molecular weight is 483 g/mol. The monoisotopic (exact) mass is 482 g/mol. The van der Waals surface area contributed by atoms with Gasteiger partial charge in [0.25, 0.3) is 11.8 Å². The Morgan fingerprint density at radius 2 is 1.66 bits per heavy atom. The second-order valence-corrected chi connectivity index (χ2v) is 9.42. The number of carbonyl (C=O) groups excluding carboxylic acids is 2. The smallest absolute Gasteiger partial charge is 0.258 e. The highest BCUT2D eigenvalue weighted by atomic mass is 35.5. The van der Waals surface area contributed by atoms with Crippen molar-refractivity contribution in [2.45, 2.75) is 20.8 Å². The molecule has 0 radical (unpaired) electrons. The Morgan fingerprint density at radius 3 is 2.41 bits per heavy atom. The molecule has 0 spiro atoms. The van der Waals surface area contributed by atoms with Crippen LogP contribution >= 0.6 is 34.3 Å². The predicted molar refractivity (Wildman–Crippen MR) is 131 cm³/mol. The molecular weight excluding hydrogens is 464 g/mol. The number of carbonyl (C=O) groups is 2. The summed E-state index contributed by atoms with van der Waals surface area (Å²) in [6.45, 7) is 5.83. The lowest BCUT2D eigenvalue weighted by Crippen LogP contribution is -2.12. The summed E-state index contributed by atoms with van der Waals surface area (Å²) in [5, 5.41) is 8.83. The highest BCUT2D eigenvalue weighted by molar-refractivity contribution is 7.20. The van der Waals surface area contributed by atoms with Gasteiger partial charge in [0.15, 0.2) is 10.3 Å². The van der Waals surface area contributed by atoms with Gasteiger partial charge >= 0.3 is 0 Å². The first-order valence-corrected chi connectivity index (χ1v) is 11.8. The molecule has 0 atom stereocenters. The summed E-state index contributed by atoms with van der Waals surface area (Å²) in [6.07, 6.45) is 0. The molecule has 162 valence electrons. The first-order chi connectivity index (χ1) is 15.3. The van der Waals surface area contributed by atoms with Gasteiger partial charge in [-0.2, -0.15) is 0 Å². The van der Waals surface area contributed by atoms with Crippen LogP contribution in [-0.4, -0.2) is 21.8 Å². The SMILES string of the molecule is Cc1ccc(C(=O)Nc2nc(-c3sc(NC(=O)c4ccccc4Cl)nc3C)cs2)cc1C. The van der Waals surface area contributed by atoms with Crippen molar-refractivity contribution >= 4 is 56.4 Å². The third kappa shape index (κ3) is 4.72. The molecule has 0 aliphatic carbocycles. The fourth-order valence-corrected chi connectivity index (χ4v) is 4.90. The molecule has 2 heterocycles. The summed E-state index contributed by atoms with van der Waals surface area (Å²) in [5.74, 6) is -0.529. The lowest BCUT2D eigenvalue weighted by Gasteiger charge is -2.04. The molecule has 0 bridgehead atoms. The Labute approximate surface area is 198 Å².